The van der Waals surface area contributed by atoms with Crippen LogP contribution < -0.4 is 10.6 Å². The van der Waals surface area contributed by atoms with E-state index in [1.165, 1.54) is 0 Å². The Hall–Kier alpha value is -1.29. The van der Waals surface area contributed by atoms with Gasteiger partial charge in [0, 0.05) is 18.8 Å². The van der Waals surface area contributed by atoms with Crippen molar-refractivity contribution in [1.29, 1.82) is 0 Å². The summed E-state index contributed by atoms with van der Waals surface area (Å²) < 4.78 is 0. The number of nitrogens with zero attached hydrogens (tertiary/aromatic N) is 1. The highest BCUT2D eigenvalue weighted by Gasteiger charge is 2.12. The number of halogens is 1. The van der Waals surface area contributed by atoms with Gasteiger partial charge in [-0.25, -0.2) is 4.98 Å². The van der Waals surface area contributed by atoms with E-state index in [4.69, 9.17) is 11.6 Å². The second kappa shape index (κ2) is 8.80. The molecule has 0 aliphatic carbocycles. The molecular weight excluding hydrogens is 274 g/mol. The molecule has 1 aromatic heterocycles. The number of hydrogen-bond donors (Lipinski definition) is 2. The summed E-state index contributed by atoms with van der Waals surface area (Å²) in [4.78, 5) is 16.3. The van der Waals surface area contributed by atoms with Gasteiger partial charge in [-0.15, -0.1) is 0 Å². The molecule has 1 amide bonds. The van der Waals surface area contributed by atoms with E-state index in [9.17, 15) is 4.79 Å². The monoisotopic (exact) mass is 297 g/mol. The van der Waals surface area contributed by atoms with Gasteiger partial charge in [0.05, 0.1) is 10.6 Å². The van der Waals surface area contributed by atoms with Crippen LogP contribution in [0.4, 0.5) is 5.82 Å². The van der Waals surface area contributed by atoms with Crippen molar-refractivity contribution >= 4 is 23.3 Å². The molecule has 20 heavy (non-hydrogen) atoms. The second-order valence-electron chi connectivity index (χ2n) is 5.00. The zero-order valence-corrected chi connectivity index (χ0v) is 13.3. The Balaban J connectivity index is 2.62. The molecule has 1 unspecified atom stereocenters. The number of rotatable bonds is 8. The number of aromatic nitrogens is 1. The molecule has 0 saturated carbocycles. The summed E-state index contributed by atoms with van der Waals surface area (Å²) in [5, 5.41) is 6.56. The van der Waals surface area contributed by atoms with Gasteiger partial charge in [-0.3, -0.25) is 4.79 Å². The number of hydrogen-bond acceptors (Lipinski definition) is 3. The predicted octanol–water partition coefficient (Wildman–Crippen LogP) is 3.87. The van der Waals surface area contributed by atoms with Crippen LogP contribution in [-0.2, 0) is 0 Å². The molecule has 0 spiro atoms. The normalized spacial score (nSPS) is 12.0. The van der Waals surface area contributed by atoms with Crippen LogP contribution in [-0.4, -0.2) is 23.5 Å². The highest BCUT2D eigenvalue weighted by atomic mass is 35.5. The molecule has 5 heteroatoms. The molecule has 4 nitrogen and oxygen atoms in total. The van der Waals surface area contributed by atoms with Gasteiger partial charge in [0.1, 0.15) is 5.82 Å². The number of carbonyl (C=O) groups is 1. The first kappa shape index (κ1) is 16.8. The van der Waals surface area contributed by atoms with Crippen molar-refractivity contribution < 1.29 is 4.79 Å². The van der Waals surface area contributed by atoms with Gasteiger partial charge in [0.25, 0.3) is 5.91 Å². The van der Waals surface area contributed by atoms with Crippen LogP contribution in [0.3, 0.4) is 0 Å². The van der Waals surface area contributed by atoms with E-state index in [1.54, 1.807) is 12.3 Å². The Morgan fingerprint density at radius 3 is 2.75 bits per heavy atom. The maximum atomic E-state index is 12.1. The van der Waals surface area contributed by atoms with Crippen LogP contribution in [0, 0.1) is 0 Å². The third-order valence-electron chi connectivity index (χ3n) is 3.01. The minimum absolute atomic E-state index is 0.120. The van der Waals surface area contributed by atoms with Gasteiger partial charge in [0.15, 0.2) is 0 Å². The molecule has 1 aromatic rings. The van der Waals surface area contributed by atoms with Gasteiger partial charge >= 0.3 is 0 Å². The van der Waals surface area contributed by atoms with Gasteiger partial charge in [-0.05, 0) is 25.8 Å². The molecule has 1 rings (SSSR count). The largest absolute Gasteiger partial charge is 0.369 e. The first-order chi connectivity index (χ1) is 9.58. The van der Waals surface area contributed by atoms with Crippen molar-refractivity contribution in [2.45, 2.75) is 52.5 Å². The van der Waals surface area contributed by atoms with E-state index in [1.807, 2.05) is 6.92 Å². The Morgan fingerprint density at radius 1 is 1.40 bits per heavy atom. The summed E-state index contributed by atoms with van der Waals surface area (Å²) in [7, 11) is 0. The molecule has 1 atom stereocenters. The molecule has 112 valence electrons. The zero-order chi connectivity index (χ0) is 15.0. The zero-order valence-electron chi connectivity index (χ0n) is 12.5. The van der Waals surface area contributed by atoms with Crippen LogP contribution >= 0.6 is 11.6 Å². The number of pyridine rings is 1. The van der Waals surface area contributed by atoms with E-state index in [-0.39, 0.29) is 11.9 Å². The van der Waals surface area contributed by atoms with Crippen LogP contribution in [0.25, 0.3) is 0 Å². The third-order valence-corrected chi connectivity index (χ3v) is 3.30. The van der Waals surface area contributed by atoms with E-state index >= 15 is 0 Å². The molecule has 0 aromatic carbocycles. The highest BCUT2D eigenvalue weighted by Crippen LogP contribution is 2.20. The standard InChI is InChI=1S/C15H24ClN3O/c1-4-6-7-11(3)19-15(20)12-9-13(16)14(18-10-12)17-8-5-2/h9-11H,4-8H2,1-3H3,(H,17,18)(H,19,20). The Bertz CT molecular complexity index is 437. The lowest BCUT2D eigenvalue weighted by atomic mass is 10.1. The summed E-state index contributed by atoms with van der Waals surface area (Å²) >= 11 is 6.12. The average molecular weight is 298 g/mol. The summed E-state index contributed by atoms with van der Waals surface area (Å²) in [6.45, 7) is 7.03. The van der Waals surface area contributed by atoms with Crippen LogP contribution in [0.1, 0.15) is 56.8 Å². The smallest absolute Gasteiger partial charge is 0.253 e. The van der Waals surface area contributed by atoms with Gasteiger partial charge in [-0.2, -0.15) is 0 Å². The fourth-order valence-corrected chi connectivity index (χ4v) is 2.06. The summed E-state index contributed by atoms with van der Waals surface area (Å²) in [5.41, 5.74) is 0.500. The molecule has 0 aliphatic rings. The van der Waals surface area contributed by atoms with Crippen molar-refractivity contribution in [2.75, 3.05) is 11.9 Å². The SMILES string of the molecule is CCCCC(C)NC(=O)c1cnc(NCCC)c(Cl)c1. The lowest BCUT2D eigenvalue weighted by Gasteiger charge is -2.14. The molecule has 1 heterocycles. The number of unbranched alkanes of at least 4 members (excludes halogenated alkanes) is 1. The van der Waals surface area contributed by atoms with Gasteiger partial charge < -0.3 is 10.6 Å². The van der Waals surface area contributed by atoms with E-state index in [0.717, 1.165) is 32.2 Å². The van der Waals surface area contributed by atoms with Crippen molar-refractivity contribution in [3.8, 4) is 0 Å². The molecule has 0 radical (unpaired) electrons. The predicted molar refractivity (Wildman–Crippen MR) is 84.5 cm³/mol. The highest BCUT2D eigenvalue weighted by molar-refractivity contribution is 6.33. The molecule has 0 saturated heterocycles. The topological polar surface area (TPSA) is 54.0 Å². The molecule has 0 fully saturated rings. The Labute approximate surface area is 126 Å². The van der Waals surface area contributed by atoms with Crippen molar-refractivity contribution in [3.63, 3.8) is 0 Å². The van der Waals surface area contributed by atoms with Crippen molar-refractivity contribution in [1.82, 2.24) is 10.3 Å². The third kappa shape index (κ3) is 5.37. The lowest BCUT2D eigenvalue weighted by molar-refractivity contribution is 0.0937. The molecule has 0 bridgehead atoms. The van der Waals surface area contributed by atoms with E-state index in [2.05, 4.69) is 29.5 Å². The maximum Gasteiger partial charge on any atom is 0.253 e. The van der Waals surface area contributed by atoms with Crippen LogP contribution in [0.2, 0.25) is 5.02 Å². The number of amides is 1. The number of anilines is 1. The molecule has 0 aliphatic heterocycles. The summed E-state index contributed by atoms with van der Waals surface area (Å²) in [5.74, 6) is 0.508. The fourth-order valence-electron chi connectivity index (χ4n) is 1.83. The van der Waals surface area contributed by atoms with Gasteiger partial charge in [-0.1, -0.05) is 38.3 Å². The first-order valence-electron chi connectivity index (χ1n) is 7.28. The summed E-state index contributed by atoms with van der Waals surface area (Å²) in [6, 6.07) is 1.83. The number of nitrogens with one attached hydrogen (secondary N) is 2. The summed E-state index contributed by atoms with van der Waals surface area (Å²) in [6.07, 6.45) is 5.78. The maximum absolute atomic E-state index is 12.1. The molecular formula is C15H24ClN3O. The fraction of sp³-hybridized carbons (Fsp3) is 0.600. The van der Waals surface area contributed by atoms with Crippen molar-refractivity contribution in [2.24, 2.45) is 0 Å². The minimum Gasteiger partial charge on any atom is -0.369 e. The van der Waals surface area contributed by atoms with E-state index < -0.39 is 0 Å². The van der Waals surface area contributed by atoms with E-state index in [0.29, 0.717) is 16.4 Å². The second-order valence-corrected chi connectivity index (χ2v) is 5.41. The minimum atomic E-state index is -0.120. The molecule has 2 N–H and O–H groups in total. The quantitative estimate of drug-likeness (QED) is 0.766. The number of carbonyl (C=O) groups excluding carboxylic acids is 1. The average Bonchev–Trinajstić information content (AvgIpc) is 2.43. The Morgan fingerprint density at radius 2 is 2.15 bits per heavy atom. The van der Waals surface area contributed by atoms with Gasteiger partial charge in [0.2, 0.25) is 0 Å². The van der Waals surface area contributed by atoms with Crippen molar-refractivity contribution in [3.05, 3.63) is 22.8 Å². The first-order valence-corrected chi connectivity index (χ1v) is 7.66. The van der Waals surface area contributed by atoms with Crippen LogP contribution in [0.5, 0.6) is 0 Å². The Kier molecular flexibility index (Phi) is 7.37. The lowest BCUT2D eigenvalue weighted by Crippen LogP contribution is -2.32. The van der Waals surface area contributed by atoms with Crippen LogP contribution in [0.15, 0.2) is 12.3 Å².